The van der Waals surface area contributed by atoms with Crippen LogP contribution in [0, 0.1) is 6.92 Å². The van der Waals surface area contributed by atoms with E-state index in [1.54, 1.807) is 11.3 Å². The Balaban J connectivity index is 1.50. The number of carbonyl (C=O) groups is 2. The van der Waals surface area contributed by atoms with E-state index in [1.807, 2.05) is 29.8 Å². The van der Waals surface area contributed by atoms with Crippen LogP contribution in [0.4, 0.5) is 4.79 Å². The van der Waals surface area contributed by atoms with Crippen molar-refractivity contribution in [1.82, 2.24) is 10.3 Å². The predicted molar refractivity (Wildman–Crippen MR) is 91.1 cm³/mol. The van der Waals surface area contributed by atoms with Gasteiger partial charge in [0.1, 0.15) is 5.75 Å². The van der Waals surface area contributed by atoms with Gasteiger partial charge >= 0.3 is 0 Å². The predicted octanol–water partition coefficient (Wildman–Crippen LogP) is 2.97. The molecule has 1 N–H and O–H groups in total. The highest BCUT2D eigenvalue weighted by Crippen LogP contribution is 2.24. The Morgan fingerprint density at radius 2 is 2.04 bits per heavy atom. The third kappa shape index (κ3) is 4.11. The summed E-state index contributed by atoms with van der Waals surface area (Å²) in [5.74, 6) is 0.584. The fraction of sp³-hybridized carbons (Fsp3) is 0.312. The lowest BCUT2D eigenvalue weighted by Crippen LogP contribution is -2.25. The molecule has 7 heteroatoms. The number of thiazole rings is 1. The van der Waals surface area contributed by atoms with E-state index in [1.165, 1.54) is 4.88 Å². The number of thioether (sulfide) groups is 1. The Morgan fingerprint density at radius 1 is 1.26 bits per heavy atom. The topological polar surface area (TPSA) is 68.3 Å². The van der Waals surface area contributed by atoms with Crippen molar-refractivity contribution in [2.45, 2.75) is 25.0 Å². The van der Waals surface area contributed by atoms with Crippen LogP contribution in [0.2, 0.25) is 0 Å². The molecule has 0 bridgehead atoms. The zero-order valence-electron chi connectivity index (χ0n) is 12.6. The van der Waals surface area contributed by atoms with Gasteiger partial charge in [0.05, 0.1) is 23.1 Å². The molecule has 2 amide bonds. The van der Waals surface area contributed by atoms with Crippen LogP contribution in [0.25, 0.3) is 0 Å². The highest BCUT2D eigenvalue weighted by atomic mass is 32.2. The summed E-state index contributed by atoms with van der Waals surface area (Å²) in [6.45, 7) is 2.64. The van der Waals surface area contributed by atoms with E-state index >= 15 is 0 Å². The average Bonchev–Trinajstić information content (AvgIpc) is 3.07. The number of carbonyl (C=O) groups excluding carboxylic acids is 2. The molecule has 1 aromatic carbocycles. The minimum Gasteiger partial charge on any atom is -0.493 e. The molecule has 0 radical (unpaired) electrons. The number of aromatic nitrogens is 1. The first-order valence-electron chi connectivity index (χ1n) is 7.24. The number of imide groups is 1. The molecule has 1 aliphatic rings. The van der Waals surface area contributed by atoms with Crippen LogP contribution in [0.15, 0.2) is 29.8 Å². The lowest BCUT2D eigenvalue weighted by molar-refractivity contribution is -0.118. The normalized spacial score (nSPS) is 17.3. The van der Waals surface area contributed by atoms with Crippen molar-refractivity contribution in [3.8, 4) is 5.75 Å². The molecule has 0 saturated carbocycles. The van der Waals surface area contributed by atoms with Crippen LogP contribution < -0.4 is 10.1 Å². The number of nitrogens with zero attached hydrogens (tertiary/aromatic N) is 1. The molecule has 2 heterocycles. The van der Waals surface area contributed by atoms with Crippen molar-refractivity contribution in [2.75, 3.05) is 6.61 Å². The van der Waals surface area contributed by atoms with E-state index in [2.05, 4.69) is 17.2 Å². The minimum atomic E-state index is -0.332. The van der Waals surface area contributed by atoms with Gasteiger partial charge in [0.15, 0.2) is 0 Å². The van der Waals surface area contributed by atoms with E-state index in [4.69, 9.17) is 4.74 Å². The Hall–Kier alpha value is -1.86. The number of hydrogen-bond donors (Lipinski definition) is 1. The molecule has 0 aliphatic carbocycles. The Bertz CT molecular complexity index is 712. The van der Waals surface area contributed by atoms with Crippen molar-refractivity contribution < 1.29 is 14.3 Å². The molecule has 23 heavy (non-hydrogen) atoms. The van der Waals surface area contributed by atoms with Gasteiger partial charge in [-0.05, 0) is 31.0 Å². The van der Waals surface area contributed by atoms with Crippen molar-refractivity contribution in [3.05, 3.63) is 45.9 Å². The number of rotatable bonds is 6. The first kappa shape index (κ1) is 16.0. The van der Waals surface area contributed by atoms with Crippen molar-refractivity contribution in [2.24, 2.45) is 0 Å². The lowest BCUT2D eigenvalue weighted by atomic mass is 10.1. The molecular weight excluding hydrogens is 332 g/mol. The zero-order valence-corrected chi connectivity index (χ0v) is 14.2. The number of benzene rings is 1. The van der Waals surface area contributed by atoms with Crippen LogP contribution in [-0.4, -0.2) is 28.0 Å². The Kier molecular flexibility index (Phi) is 4.97. The summed E-state index contributed by atoms with van der Waals surface area (Å²) in [6, 6.07) is 7.64. The molecule has 1 saturated heterocycles. The standard InChI is InChI=1S/C16H16N2O3S2/c1-10-13(17-9-22-10)6-7-21-12-4-2-11(3-5-12)8-14-15(19)18-16(20)23-14/h2-5,9,14H,6-8H2,1H3,(H,18,19,20). The van der Waals surface area contributed by atoms with Gasteiger partial charge in [-0.25, -0.2) is 4.98 Å². The fourth-order valence-electron chi connectivity index (χ4n) is 2.30. The molecule has 5 nitrogen and oxygen atoms in total. The second-order valence-electron chi connectivity index (χ2n) is 5.18. The summed E-state index contributed by atoms with van der Waals surface area (Å²) < 4.78 is 5.72. The molecule has 0 spiro atoms. The molecule has 1 aromatic heterocycles. The molecule has 1 unspecified atom stereocenters. The second-order valence-corrected chi connectivity index (χ2v) is 7.42. The average molecular weight is 348 g/mol. The van der Waals surface area contributed by atoms with Crippen LogP contribution in [-0.2, 0) is 17.6 Å². The number of ether oxygens (including phenoxy) is 1. The minimum absolute atomic E-state index is 0.209. The van der Waals surface area contributed by atoms with Crippen LogP contribution >= 0.6 is 23.1 Å². The second kappa shape index (κ2) is 7.14. The van der Waals surface area contributed by atoms with Crippen molar-refractivity contribution >= 4 is 34.2 Å². The largest absolute Gasteiger partial charge is 0.493 e. The van der Waals surface area contributed by atoms with Crippen LogP contribution in [0.5, 0.6) is 5.75 Å². The molecular formula is C16H16N2O3S2. The Morgan fingerprint density at radius 3 is 2.65 bits per heavy atom. The van der Waals surface area contributed by atoms with Gasteiger partial charge in [-0.15, -0.1) is 11.3 Å². The maximum atomic E-state index is 11.6. The summed E-state index contributed by atoms with van der Waals surface area (Å²) in [5.41, 5.74) is 3.94. The third-order valence-corrected chi connectivity index (χ3v) is 5.34. The summed E-state index contributed by atoms with van der Waals surface area (Å²) in [6.07, 6.45) is 1.33. The van der Waals surface area contributed by atoms with Gasteiger partial charge in [-0.3, -0.25) is 14.9 Å². The Labute approximate surface area is 142 Å². The summed E-state index contributed by atoms with van der Waals surface area (Å²) in [5, 5.41) is 1.70. The molecule has 1 aliphatic heterocycles. The van der Waals surface area contributed by atoms with E-state index in [0.717, 1.165) is 35.2 Å². The molecule has 1 fully saturated rings. The van der Waals surface area contributed by atoms with Gasteiger partial charge in [0.2, 0.25) is 5.91 Å². The van der Waals surface area contributed by atoms with E-state index in [0.29, 0.717) is 13.0 Å². The molecule has 1 atom stereocenters. The molecule has 2 aromatic rings. The summed E-state index contributed by atoms with van der Waals surface area (Å²) >= 11 is 2.69. The van der Waals surface area contributed by atoms with Gasteiger partial charge in [-0.1, -0.05) is 23.9 Å². The van der Waals surface area contributed by atoms with E-state index in [9.17, 15) is 9.59 Å². The number of nitrogens with one attached hydrogen (secondary N) is 1. The third-order valence-electron chi connectivity index (χ3n) is 3.56. The van der Waals surface area contributed by atoms with Crippen LogP contribution in [0.3, 0.4) is 0 Å². The quantitative estimate of drug-likeness (QED) is 0.869. The molecule has 120 valence electrons. The number of aryl methyl sites for hydroxylation is 1. The van der Waals surface area contributed by atoms with Crippen molar-refractivity contribution in [3.63, 3.8) is 0 Å². The lowest BCUT2D eigenvalue weighted by Gasteiger charge is -2.08. The smallest absolute Gasteiger partial charge is 0.286 e. The first-order chi connectivity index (χ1) is 11.1. The molecule has 3 rings (SSSR count). The maximum absolute atomic E-state index is 11.6. The maximum Gasteiger partial charge on any atom is 0.286 e. The van der Waals surface area contributed by atoms with Crippen LogP contribution in [0.1, 0.15) is 16.1 Å². The van der Waals surface area contributed by atoms with Gasteiger partial charge < -0.3 is 4.74 Å². The SMILES string of the molecule is Cc1scnc1CCOc1ccc(CC2SC(=O)NC2=O)cc1. The highest BCUT2D eigenvalue weighted by Gasteiger charge is 2.31. The zero-order chi connectivity index (χ0) is 16.2. The first-order valence-corrected chi connectivity index (χ1v) is 9.00. The summed E-state index contributed by atoms with van der Waals surface area (Å²) in [4.78, 5) is 28.2. The van der Waals surface area contributed by atoms with Crippen molar-refractivity contribution in [1.29, 1.82) is 0 Å². The van der Waals surface area contributed by atoms with Gasteiger partial charge in [-0.2, -0.15) is 0 Å². The summed E-state index contributed by atoms with van der Waals surface area (Å²) in [7, 11) is 0. The van der Waals surface area contributed by atoms with Gasteiger partial charge in [0, 0.05) is 11.3 Å². The number of hydrogen-bond acceptors (Lipinski definition) is 6. The monoisotopic (exact) mass is 348 g/mol. The van der Waals surface area contributed by atoms with E-state index < -0.39 is 0 Å². The fourth-order valence-corrected chi connectivity index (χ4v) is 3.79. The van der Waals surface area contributed by atoms with Gasteiger partial charge in [0.25, 0.3) is 5.24 Å². The number of amides is 2. The highest BCUT2D eigenvalue weighted by molar-refractivity contribution is 8.15. The van der Waals surface area contributed by atoms with E-state index in [-0.39, 0.29) is 16.4 Å².